The minimum atomic E-state index is -4.44. The van der Waals surface area contributed by atoms with Gasteiger partial charge in [0.2, 0.25) is 0 Å². The van der Waals surface area contributed by atoms with E-state index in [1.807, 2.05) is 0 Å². The first-order valence-corrected chi connectivity index (χ1v) is 8.36. The molecule has 150 valence electrons. The number of amides is 2. The van der Waals surface area contributed by atoms with Gasteiger partial charge in [-0.05, 0) is 60.7 Å². The zero-order valence-electron chi connectivity index (χ0n) is 14.8. The van der Waals surface area contributed by atoms with Crippen molar-refractivity contribution in [1.29, 1.82) is 0 Å². The van der Waals surface area contributed by atoms with Crippen molar-refractivity contribution < 1.29 is 31.9 Å². The van der Waals surface area contributed by atoms with Crippen LogP contribution in [0.25, 0.3) is 0 Å². The summed E-state index contributed by atoms with van der Waals surface area (Å²) >= 11 is 0. The maximum atomic E-state index is 12.5. The van der Waals surface area contributed by atoms with Crippen LogP contribution in [0, 0.1) is 0 Å². The molecule has 2 amide bonds. The number of ether oxygens (including phenoxy) is 1. The van der Waals surface area contributed by atoms with E-state index in [0.29, 0.717) is 11.4 Å². The highest BCUT2D eigenvalue weighted by atomic mass is 19.4. The molecule has 0 unspecified atom stereocenters. The van der Waals surface area contributed by atoms with E-state index in [-0.39, 0.29) is 18.1 Å². The molecule has 0 spiro atoms. The third-order valence-electron chi connectivity index (χ3n) is 3.72. The molecule has 0 radical (unpaired) electrons. The number of alkyl halides is 3. The van der Waals surface area contributed by atoms with Gasteiger partial charge in [0.25, 0.3) is 11.8 Å². The Bertz CT molecular complexity index is 966. The quantitative estimate of drug-likeness (QED) is 0.631. The van der Waals surface area contributed by atoms with Crippen LogP contribution in [0.5, 0.6) is 5.75 Å². The molecule has 0 aliphatic carbocycles. The first kappa shape index (κ1) is 20.0. The summed E-state index contributed by atoms with van der Waals surface area (Å²) in [5.74, 6) is -0.381. The number of carbonyl (C=O) groups is 2. The van der Waals surface area contributed by atoms with Crippen LogP contribution in [0.4, 0.5) is 24.5 Å². The topological polar surface area (TPSA) is 80.6 Å². The largest absolute Gasteiger partial charge is 0.484 e. The Kier molecular flexibility index (Phi) is 5.87. The SMILES string of the molecule is O=C(COc1ccc(NC(=O)c2ccco2)cc1)Nc1ccc(C(F)(F)F)cc1. The maximum Gasteiger partial charge on any atom is 0.416 e. The fourth-order valence-electron chi connectivity index (χ4n) is 2.32. The number of hydrogen-bond donors (Lipinski definition) is 2. The molecule has 0 fully saturated rings. The van der Waals surface area contributed by atoms with E-state index < -0.39 is 23.6 Å². The van der Waals surface area contributed by atoms with Crippen LogP contribution >= 0.6 is 0 Å². The van der Waals surface area contributed by atoms with Crippen molar-refractivity contribution in [2.45, 2.75) is 6.18 Å². The lowest BCUT2D eigenvalue weighted by Crippen LogP contribution is -2.20. The van der Waals surface area contributed by atoms with Gasteiger partial charge in [-0.1, -0.05) is 0 Å². The molecule has 0 aliphatic heterocycles. The van der Waals surface area contributed by atoms with Crippen LogP contribution in [0.15, 0.2) is 71.3 Å². The van der Waals surface area contributed by atoms with Gasteiger partial charge in [-0.3, -0.25) is 9.59 Å². The number of rotatable bonds is 6. The molecule has 2 N–H and O–H groups in total. The highest BCUT2D eigenvalue weighted by Gasteiger charge is 2.29. The molecule has 2 aromatic carbocycles. The second-order valence-corrected chi connectivity index (χ2v) is 5.87. The normalized spacial score (nSPS) is 11.0. The molecule has 0 saturated heterocycles. The summed E-state index contributed by atoms with van der Waals surface area (Å²) in [4.78, 5) is 23.8. The van der Waals surface area contributed by atoms with Gasteiger partial charge in [0, 0.05) is 11.4 Å². The first-order valence-electron chi connectivity index (χ1n) is 8.36. The summed E-state index contributed by atoms with van der Waals surface area (Å²) in [6, 6.07) is 13.5. The first-order chi connectivity index (χ1) is 13.8. The van der Waals surface area contributed by atoms with Crippen LogP contribution in [0.2, 0.25) is 0 Å². The Balaban J connectivity index is 1.48. The molecule has 3 rings (SSSR count). The molecule has 0 bridgehead atoms. The number of carbonyl (C=O) groups excluding carboxylic acids is 2. The van der Waals surface area contributed by atoms with E-state index >= 15 is 0 Å². The molecule has 1 aromatic heterocycles. The third kappa shape index (κ3) is 5.61. The lowest BCUT2D eigenvalue weighted by Gasteiger charge is -2.10. The summed E-state index contributed by atoms with van der Waals surface area (Å²) in [7, 11) is 0. The summed E-state index contributed by atoms with van der Waals surface area (Å²) < 4.78 is 47.9. The monoisotopic (exact) mass is 404 g/mol. The molecule has 29 heavy (non-hydrogen) atoms. The fourth-order valence-corrected chi connectivity index (χ4v) is 2.32. The average Bonchev–Trinajstić information content (AvgIpc) is 3.22. The lowest BCUT2D eigenvalue weighted by molar-refractivity contribution is -0.137. The van der Waals surface area contributed by atoms with Crippen LogP contribution < -0.4 is 15.4 Å². The van der Waals surface area contributed by atoms with Gasteiger partial charge in [0.15, 0.2) is 12.4 Å². The smallest absolute Gasteiger partial charge is 0.416 e. The second kappa shape index (κ2) is 8.51. The van der Waals surface area contributed by atoms with Crippen LogP contribution in [-0.2, 0) is 11.0 Å². The number of hydrogen-bond acceptors (Lipinski definition) is 4. The Hall–Kier alpha value is -3.75. The third-order valence-corrected chi connectivity index (χ3v) is 3.72. The molecule has 3 aromatic rings. The highest BCUT2D eigenvalue weighted by molar-refractivity contribution is 6.02. The van der Waals surface area contributed by atoms with Crippen molar-refractivity contribution in [2.24, 2.45) is 0 Å². The standard InChI is InChI=1S/C20H15F3N2O4/c21-20(22,23)13-3-5-14(6-4-13)24-18(26)12-29-16-9-7-15(8-10-16)25-19(27)17-2-1-11-28-17/h1-11H,12H2,(H,24,26)(H,25,27). The molecule has 0 aliphatic rings. The van der Waals surface area contributed by atoms with Crippen LogP contribution in [0.3, 0.4) is 0 Å². The van der Waals surface area contributed by atoms with Crippen molar-refractivity contribution in [2.75, 3.05) is 17.2 Å². The minimum Gasteiger partial charge on any atom is -0.484 e. The Morgan fingerprint density at radius 2 is 1.52 bits per heavy atom. The van der Waals surface area contributed by atoms with E-state index in [2.05, 4.69) is 10.6 Å². The van der Waals surface area contributed by atoms with Gasteiger partial charge < -0.3 is 19.8 Å². The Morgan fingerprint density at radius 3 is 2.10 bits per heavy atom. The van der Waals surface area contributed by atoms with Crippen molar-refractivity contribution in [3.8, 4) is 5.75 Å². The fraction of sp³-hybridized carbons (Fsp3) is 0.100. The van der Waals surface area contributed by atoms with Crippen LogP contribution in [0.1, 0.15) is 16.1 Å². The zero-order valence-corrected chi connectivity index (χ0v) is 14.8. The zero-order chi connectivity index (χ0) is 20.9. The van der Waals surface area contributed by atoms with E-state index in [0.717, 1.165) is 24.3 Å². The molecule has 0 saturated carbocycles. The number of anilines is 2. The summed E-state index contributed by atoms with van der Waals surface area (Å²) in [6.07, 6.45) is -3.04. The summed E-state index contributed by atoms with van der Waals surface area (Å²) in [5.41, 5.74) is -0.0680. The van der Waals surface area contributed by atoms with E-state index in [1.54, 1.807) is 30.3 Å². The molecule has 1 heterocycles. The van der Waals surface area contributed by atoms with E-state index in [4.69, 9.17) is 9.15 Å². The predicted octanol–water partition coefficient (Wildman–Crippen LogP) is 4.57. The maximum absolute atomic E-state index is 12.5. The van der Waals surface area contributed by atoms with Gasteiger partial charge in [0.1, 0.15) is 5.75 Å². The van der Waals surface area contributed by atoms with Crippen molar-refractivity contribution in [3.05, 3.63) is 78.3 Å². The molecular weight excluding hydrogens is 389 g/mol. The van der Waals surface area contributed by atoms with Gasteiger partial charge in [-0.25, -0.2) is 0 Å². The number of benzene rings is 2. The predicted molar refractivity (Wildman–Crippen MR) is 98.7 cm³/mol. The molecule has 0 atom stereocenters. The summed E-state index contributed by atoms with van der Waals surface area (Å²) in [6.45, 7) is -0.334. The number of halogens is 3. The average molecular weight is 404 g/mol. The van der Waals surface area contributed by atoms with Gasteiger partial charge >= 0.3 is 6.18 Å². The van der Waals surface area contributed by atoms with E-state index in [1.165, 1.54) is 12.3 Å². The number of nitrogens with one attached hydrogen (secondary N) is 2. The van der Waals surface area contributed by atoms with Gasteiger partial charge in [-0.15, -0.1) is 0 Å². The lowest BCUT2D eigenvalue weighted by atomic mass is 10.2. The van der Waals surface area contributed by atoms with E-state index in [9.17, 15) is 22.8 Å². The van der Waals surface area contributed by atoms with Gasteiger partial charge in [-0.2, -0.15) is 13.2 Å². The highest BCUT2D eigenvalue weighted by Crippen LogP contribution is 2.29. The molecule has 9 heteroatoms. The second-order valence-electron chi connectivity index (χ2n) is 5.87. The van der Waals surface area contributed by atoms with Crippen molar-refractivity contribution in [3.63, 3.8) is 0 Å². The minimum absolute atomic E-state index is 0.172. The van der Waals surface area contributed by atoms with Crippen molar-refractivity contribution in [1.82, 2.24) is 0 Å². The van der Waals surface area contributed by atoms with Crippen LogP contribution in [-0.4, -0.2) is 18.4 Å². The molecule has 6 nitrogen and oxygen atoms in total. The van der Waals surface area contributed by atoms with Crippen molar-refractivity contribution >= 4 is 23.2 Å². The molecular formula is C20H15F3N2O4. The number of furan rings is 1. The van der Waals surface area contributed by atoms with Gasteiger partial charge in [0.05, 0.1) is 11.8 Å². The Labute approximate surface area is 163 Å². The summed E-state index contributed by atoms with van der Waals surface area (Å²) in [5, 5.41) is 5.08. The Morgan fingerprint density at radius 1 is 0.897 bits per heavy atom.